The molecule has 3 N–H and O–H groups in total. The minimum Gasteiger partial charge on any atom is -0.383 e. The van der Waals surface area contributed by atoms with Gasteiger partial charge in [0.15, 0.2) is 11.7 Å². The number of rotatable bonds is 5. The van der Waals surface area contributed by atoms with Gasteiger partial charge in [0, 0.05) is 26.5 Å². The predicted molar refractivity (Wildman–Crippen MR) is 73.0 cm³/mol. The Bertz CT molecular complexity index is 304. The average molecular weight is 271 g/mol. The van der Waals surface area contributed by atoms with E-state index in [4.69, 9.17) is 19.9 Å². The number of ether oxygens (including phenoxy) is 3. The van der Waals surface area contributed by atoms with E-state index in [0.29, 0.717) is 32.3 Å². The topological polar surface area (TPSA) is 78.1 Å². The van der Waals surface area contributed by atoms with Gasteiger partial charge < -0.3 is 25.3 Å². The molecule has 19 heavy (non-hydrogen) atoms. The Morgan fingerprint density at radius 3 is 2.95 bits per heavy atom. The van der Waals surface area contributed by atoms with Gasteiger partial charge in [0.25, 0.3) is 0 Å². The molecule has 1 spiro atoms. The van der Waals surface area contributed by atoms with Gasteiger partial charge in [0.05, 0.1) is 19.8 Å². The maximum atomic E-state index is 6.03. The molecule has 0 aromatic carbocycles. The van der Waals surface area contributed by atoms with Gasteiger partial charge in [-0.3, -0.25) is 4.99 Å². The second-order valence-corrected chi connectivity index (χ2v) is 5.17. The van der Waals surface area contributed by atoms with Crippen LogP contribution in [0.2, 0.25) is 0 Å². The highest BCUT2D eigenvalue weighted by Gasteiger charge is 2.41. The molecular weight excluding hydrogens is 246 g/mol. The van der Waals surface area contributed by atoms with Gasteiger partial charge in [-0.15, -0.1) is 0 Å². The van der Waals surface area contributed by atoms with Crippen molar-refractivity contribution < 1.29 is 14.2 Å². The van der Waals surface area contributed by atoms with Gasteiger partial charge in [0.2, 0.25) is 0 Å². The summed E-state index contributed by atoms with van der Waals surface area (Å²) >= 11 is 0. The van der Waals surface area contributed by atoms with Crippen molar-refractivity contribution in [2.24, 2.45) is 10.7 Å². The van der Waals surface area contributed by atoms with Crippen molar-refractivity contribution in [3.05, 3.63) is 0 Å². The highest BCUT2D eigenvalue weighted by Crippen LogP contribution is 2.37. The van der Waals surface area contributed by atoms with E-state index >= 15 is 0 Å². The van der Waals surface area contributed by atoms with Crippen LogP contribution >= 0.6 is 0 Å². The Morgan fingerprint density at radius 2 is 2.21 bits per heavy atom. The summed E-state index contributed by atoms with van der Waals surface area (Å²) in [4.78, 5) is 4.28. The predicted octanol–water partition coefficient (Wildman–Crippen LogP) is 0.613. The number of guanidine groups is 1. The lowest BCUT2D eigenvalue weighted by molar-refractivity contribution is -0.186. The Morgan fingerprint density at radius 1 is 1.42 bits per heavy atom. The van der Waals surface area contributed by atoms with E-state index in [1.165, 1.54) is 19.3 Å². The minimum atomic E-state index is -0.323. The van der Waals surface area contributed by atoms with Crippen LogP contribution < -0.4 is 11.1 Å². The molecule has 0 amide bonds. The highest BCUT2D eigenvalue weighted by molar-refractivity contribution is 5.77. The monoisotopic (exact) mass is 271 g/mol. The van der Waals surface area contributed by atoms with Gasteiger partial charge in [-0.2, -0.15) is 0 Å². The van der Waals surface area contributed by atoms with Crippen LogP contribution in [-0.2, 0) is 14.2 Å². The first-order chi connectivity index (χ1) is 9.24. The third-order valence-electron chi connectivity index (χ3n) is 3.61. The van der Waals surface area contributed by atoms with Crippen LogP contribution in [0.4, 0.5) is 0 Å². The molecule has 2 aliphatic rings. The summed E-state index contributed by atoms with van der Waals surface area (Å²) in [6, 6.07) is 0. The van der Waals surface area contributed by atoms with Crippen LogP contribution in [-0.4, -0.2) is 51.3 Å². The lowest BCUT2D eigenvalue weighted by Crippen LogP contribution is -2.36. The number of methoxy groups -OCH3 is 1. The quantitative estimate of drug-likeness (QED) is 0.435. The summed E-state index contributed by atoms with van der Waals surface area (Å²) in [5, 5.41) is 2.98. The first kappa shape index (κ1) is 14.6. The van der Waals surface area contributed by atoms with Crippen LogP contribution in [0.25, 0.3) is 0 Å². The van der Waals surface area contributed by atoms with Crippen molar-refractivity contribution in [3.63, 3.8) is 0 Å². The van der Waals surface area contributed by atoms with Crippen LogP contribution in [0, 0.1) is 0 Å². The lowest BCUT2D eigenvalue weighted by Gasteiger charge is -2.31. The van der Waals surface area contributed by atoms with Crippen LogP contribution in [0.1, 0.15) is 32.1 Å². The van der Waals surface area contributed by atoms with Gasteiger partial charge in [0.1, 0.15) is 6.10 Å². The molecule has 1 aliphatic heterocycles. The molecular formula is C13H25N3O3. The third-order valence-corrected chi connectivity index (χ3v) is 3.61. The SMILES string of the molecule is COCCNC(N)=NCC1COC2(CCCCC2)O1. The molecule has 0 bridgehead atoms. The fourth-order valence-electron chi connectivity index (χ4n) is 2.60. The summed E-state index contributed by atoms with van der Waals surface area (Å²) < 4.78 is 16.8. The molecule has 1 aliphatic carbocycles. The number of nitrogens with one attached hydrogen (secondary N) is 1. The molecule has 2 rings (SSSR count). The Labute approximate surface area is 114 Å². The molecule has 1 atom stereocenters. The number of nitrogens with two attached hydrogens (primary N) is 1. The van der Waals surface area contributed by atoms with Gasteiger partial charge in [-0.1, -0.05) is 6.42 Å². The smallest absolute Gasteiger partial charge is 0.188 e. The van der Waals surface area contributed by atoms with E-state index in [-0.39, 0.29) is 11.9 Å². The molecule has 6 nitrogen and oxygen atoms in total. The molecule has 2 fully saturated rings. The lowest BCUT2D eigenvalue weighted by atomic mass is 9.94. The molecule has 6 heteroatoms. The maximum Gasteiger partial charge on any atom is 0.188 e. The number of hydrogen-bond acceptors (Lipinski definition) is 4. The van der Waals surface area contributed by atoms with Crippen molar-refractivity contribution in [3.8, 4) is 0 Å². The molecule has 1 saturated carbocycles. The van der Waals surface area contributed by atoms with Crippen molar-refractivity contribution in [2.75, 3.05) is 33.4 Å². The molecule has 0 aromatic heterocycles. The number of nitrogens with zero attached hydrogens (tertiary/aromatic N) is 1. The third kappa shape index (κ3) is 4.33. The van der Waals surface area contributed by atoms with E-state index in [2.05, 4.69) is 10.3 Å². The standard InChI is InChI=1S/C13H25N3O3/c1-17-8-7-15-12(14)16-9-11-10-18-13(19-11)5-3-2-4-6-13/h11H,2-10H2,1H3,(H3,14,15,16). The first-order valence-electron chi connectivity index (χ1n) is 7.09. The highest BCUT2D eigenvalue weighted by atomic mass is 16.7. The largest absolute Gasteiger partial charge is 0.383 e. The average Bonchev–Trinajstić information content (AvgIpc) is 2.81. The molecule has 1 saturated heterocycles. The Kier molecular flexibility index (Phi) is 5.42. The minimum absolute atomic E-state index is 0.0286. The zero-order valence-corrected chi connectivity index (χ0v) is 11.7. The van der Waals surface area contributed by atoms with Crippen molar-refractivity contribution in [1.29, 1.82) is 0 Å². The normalized spacial score (nSPS) is 26.8. The number of aliphatic imine (C=N–C) groups is 1. The first-order valence-corrected chi connectivity index (χ1v) is 7.09. The van der Waals surface area contributed by atoms with Crippen LogP contribution in [0.15, 0.2) is 4.99 Å². The van der Waals surface area contributed by atoms with E-state index in [1.54, 1.807) is 7.11 Å². The zero-order valence-electron chi connectivity index (χ0n) is 11.7. The number of hydrogen-bond donors (Lipinski definition) is 2. The Hall–Kier alpha value is -0.850. The summed E-state index contributed by atoms with van der Waals surface area (Å²) in [5.74, 6) is 0.113. The van der Waals surface area contributed by atoms with Crippen molar-refractivity contribution in [2.45, 2.75) is 44.0 Å². The van der Waals surface area contributed by atoms with Gasteiger partial charge in [-0.25, -0.2) is 0 Å². The molecule has 0 aromatic rings. The molecule has 1 unspecified atom stereocenters. The van der Waals surface area contributed by atoms with Crippen molar-refractivity contribution >= 4 is 5.96 Å². The van der Waals surface area contributed by atoms with E-state index in [9.17, 15) is 0 Å². The van der Waals surface area contributed by atoms with Crippen LogP contribution in [0.5, 0.6) is 0 Å². The summed E-state index contributed by atoms with van der Waals surface area (Å²) in [6.07, 6.45) is 5.71. The summed E-state index contributed by atoms with van der Waals surface area (Å²) in [5.41, 5.74) is 5.75. The molecule has 0 radical (unpaired) electrons. The van der Waals surface area contributed by atoms with Crippen LogP contribution in [0.3, 0.4) is 0 Å². The second-order valence-electron chi connectivity index (χ2n) is 5.17. The van der Waals surface area contributed by atoms with Crippen molar-refractivity contribution in [1.82, 2.24) is 5.32 Å². The molecule has 1 heterocycles. The van der Waals surface area contributed by atoms with Gasteiger partial charge in [-0.05, 0) is 12.8 Å². The Balaban J connectivity index is 1.71. The van der Waals surface area contributed by atoms with Gasteiger partial charge >= 0.3 is 0 Å². The van der Waals surface area contributed by atoms with E-state index in [0.717, 1.165) is 12.8 Å². The second kappa shape index (κ2) is 7.07. The van der Waals surface area contributed by atoms with E-state index in [1.807, 2.05) is 0 Å². The molecule has 110 valence electrons. The fourth-order valence-corrected chi connectivity index (χ4v) is 2.60. The summed E-state index contributed by atoms with van der Waals surface area (Å²) in [7, 11) is 1.66. The fraction of sp³-hybridized carbons (Fsp3) is 0.923. The zero-order chi connectivity index (χ0) is 13.6. The maximum absolute atomic E-state index is 6.03. The summed E-state index contributed by atoms with van der Waals surface area (Å²) in [6.45, 7) is 2.45. The van der Waals surface area contributed by atoms with E-state index < -0.39 is 0 Å².